The fourth-order valence-electron chi connectivity index (χ4n) is 2.79. The van der Waals surface area contributed by atoms with Gasteiger partial charge in [-0.25, -0.2) is 0 Å². The van der Waals surface area contributed by atoms with Crippen molar-refractivity contribution in [2.24, 2.45) is 0 Å². The van der Waals surface area contributed by atoms with Gasteiger partial charge in [0.2, 0.25) is 0 Å². The first-order chi connectivity index (χ1) is 9.86. The van der Waals surface area contributed by atoms with Crippen LogP contribution in [0.2, 0.25) is 0 Å². The molecule has 0 bridgehead atoms. The highest BCUT2D eigenvalue weighted by atomic mass is 32.1. The molecule has 1 N–H and O–H groups in total. The summed E-state index contributed by atoms with van der Waals surface area (Å²) < 4.78 is 5.57. The van der Waals surface area contributed by atoms with Crippen molar-refractivity contribution in [3.05, 3.63) is 51.7 Å². The maximum absolute atomic E-state index is 5.57. The minimum atomic E-state index is 0.476. The molecule has 0 saturated carbocycles. The van der Waals surface area contributed by atoms with Crippen LogP contribution in [0.1, 0.15) is 35.4 Å². The van der Waals surface area contributed by atoms with E-state index in [1.807, 2.05) is 11.3 Å². The summed E-state index contributed by atoms with van der Waals surface area (Å²) in [7, 11) is 0. The molecule has 20 heavy (non-hydrogen) atoms. The van der Waals surface area contributed by atoms with Crippen LogP contribution in [-0.2, 0) is 12.8 Å². The Morgan fingerprint density at radius 1 is 1.35 bits per heavy atom. The molecule has 3 heteroatoms. The molecule has 106 valence electrons. The van der Waals surface area contributed by atoms with Gasteiger partial charge in [0, 0.05) is 17.3 Å². The van der Waals surface area contributed by atoms with Crippen LogP contribution in [-0.4, -0.2) is 13.2 Å². The van der Waals surface area contributed by atoms with Crippen molar-refractivity contribution in [1.29, 1.82) is 0 Å². The van der Waals surface area contributed by atoms with Crippen LogP contribution in [0.3, 0.4) is 0 Å². The zero-order chi connectivity index (χ0) is 13.8. The number of nitrogens with one attached hydrogen (secondary N) is 1. The zero-order valence-corrected chi connectivity index (χ0v) is 12.7. The smallest absolute Gasteiger partial charge is 0.122 e. The molecule has 1 aliphatic rings. The van der Waals surface area contributed by atoms with Gasteiger partial charge >= 0.3 is 0 Å². The molecule has 1 aromatic heterocycles. The zero-order valence-electron chi connectivity index (χ0n) is 11.9. The first-order valence-corrected chi connectivity index (χ1v) is 8.26. The predicted molar refractivity (Wildman–Crippen MR) is 84.7 cm³/mol. The number of ether oxygens (including phenoxy) is 1. The lowest BCUT2D eigenvalue weighted by Gasteiger charge is -2.16. The number of fused-ring (bicyclic) bond motifs is 1. The van der Waals surface area contributed by atoms with Crippen LogP contribution in [0.15, 0.2) is 35.7 Å². The van der Waals surface area contributed by atoms with Crippen LogP contribution < -0.4 is 10.1 Å². The second-order valence-corrected chi connectivity index (χ2v) is 6.18. The minimum Gasteiger partial charge on any atom is -0.493 e. The molecule has 0 radical (unpaired) electrons. The van der Waals surface area contributed by atoms with E-state index < -0.39 is 0 Å². The van der Waals surface area contributed by atoms with Crippen molar-refractivity contribution in [3.63, 3.8) is 0 Å². The van der Waals surface area contributed by atoms with Gasteiger partial charge in [-0.15, -0.1) is 11.3 Å². The van der Waals surface area contributed by atoms with Crippen molar-refractivity contribution in [3.8, 4) is 5.75 Å². The number of hydrogen-bond acceptors (Lipinski definition) is 3. The highest BCUT2D eigenvalue weighted by Crippen LogP contribution is 2.28. The molecule has 1 atom stereocenters. The SMILES string of the molecule is CCNC(CCc1ccc2c(c1)CCO2)c1cccs1. The van der Waals surface area contributed by atoms with Gasteiger partial charge in [0.05, 0.1) is 6.61 Å². The molecule has 0 spiro atoms. The van der Waals surface area contributed by atoms with Gasteiger partial charge in [-0.2, -0.15) is 0 Å². The molecule has 1 aliphatic heterocycles. The van der Waals surface area contributed by atoms with E-state index in [1.165, 1.54) is 16.0 Å². The third-order valence-electron chi connectivity index (χ3n) is 3.81. The number of benzene rings is 1. The Balaban J connectivity index is 1.65. The monoisotopic (exact) mass is 287 g/mol. The van der Waals surface area contributed by atoms with Crippen molar-refractivity contribution < 1.29 is 4.74 Å². The first-order valence-electron chi connectivity index (χ1n) is 7.38. The molecule has 0 fully saturated rings. The average molecular weight is 287 g/mol. The van der Waals surface area contributed by atoms with E-state index in [0.717, 1.165) is 38.2 Å². The van der Waals surface area contributed by atoms with E-state index in [1.54, 1.807) is 0 Å². The maximum Gasteiger partial charge on any atom is 0.122 e. The van der Waals surface area contributed by atoms with Crippen LogP contribution in [0.4, 0.5) is 0 Å². The summed E-state index contributed by atoms with van der Waals surface area (Å²) in [6, 6.07) is 11.5. The van der Waals surface area contributed by atoms with Gasteiger partial charge in [-0.1, -0.05) is 25.1 Å². The van der Waals surface area contributed by atoms with Gasteiger partial charge < -0.3 is 10.1 Å². The molecule has 0 saturated heterocycles. The Bertz CT molecular complexity index is 550. The average Bonchev–Trinajstić information content (AvgIpc) is 3.13. The normalized spacial score (nSPS) is 14.8. The maximum atomic E-state index is 5.57. The van der Waals surface area contributed by atoms with Crippen LogP contribution in [0.5, 0.6) is 5.75 Å². The second kappa shape index (κ2) is 6.42. The quantitative estimate of drug-likeness (QED) is 0.868. The lowest BCUT2D eigenvalue weighted by atomic mass is 10.0. The fourth-order valence-corrected chi connectivity index (χ4v) is 3.62. The van der Waals surface area contributed by atoms with E-state index in [-0.39, 0.29) is 0 Å². The minimum absolute atomic E-state index is 0.476. The molecule has 1 unspecified atom stereocenters. The number of hydrogen-bond donors (Lipinski definition) is 1. The Kier molecular flexibility index (Phi) is 4.38. The lowest BCUT2D eigenvalue weighted by molar-refractivity contribution is 0.357. The van der Waals surface area contributed by atoms with Crippen LogP contribution >= 0.6 is 11.3 Å². The van der Waals surface area contributed by atoms with E-state index in [0.29, 0.717) is 6.04 Å². The van der Waals surface area contributed by atoms with Crippen molar-refractivity contribution in [1.82, 2.24) is 5.32 Å². The molecule has 1 aromatic carbocycles. The van der Waals surface area contributed by atoms with Crippen molar-refractivity contribution in [2.45, 2.75) is 32.2 Å². The third kappa shape index (κ3) is 3.05. The van der Waals surface area contributed by atoms with E-state index in [2.05, 4.69) is 48.0 Å². The Hall–Kier alpha value is -1.32. The van der Waals surface area contributed by atoms with Gasteiger partial charge in [-0.3, -0.25) is 0 Å². The molecule has 2 nitrogen and oxygen atoms in total. The molecule has 0 amide bonds. The second-order valence-electron chi connectivity index (χ2n) is 5.20. The molecule has 2 heterocycles. The third-order valence-corrected chi connectivity index (χ3v) is 4.80. The first kappa shape index (κ1) is 13.7. The summed E-state index contributed by atoms with van der Waals surface area (Å²) in [5.74, 6) is 1.08. The van der Waals surface area contributed by atoms with Gasteiger partial charge in [-0.05, 0) is 48.0 Å². The molecule has 0 aliphatic carbocycles. The molecular formula is C17H21NOS. The lowest BCUT2D eigenvalue weighted by Crippen LogP contribution is -2.20. The van der Waals surface area contributed by atoms with Gasteiger partial charge in [0.1, 0.15) is 5.75 Å². The summed E-state index contributed by atoms with van der Waals surface area (Å²) in [5, 5.41) is 5.75. The Morgan fingerprint density at radius 3 is 3.10 bits per heavy atom. The topological polar surface area (TPSA) is 21.3 Å². The fraction of sp³-hybridized carbons (Fsp3) is 0.412. The van der Waals surface area contributed by atoms with Crippen LogP contribution in [0, 0.1) is 0 Å². The Morgan fingerprint density at radius 2 is 2.30 bits per heavy atom. The number of aryl methyl sites for hydroxylation is 1. The Labute approximate surface area is 124 Å². The van der Waals surface area contributed by atoms with Gasteiger partial charge in [0.25, 0.3) is 0 Å². The number of thiophene rings is 1. The molecule has 3 rings (SSSR count). The van der Waals surface area contributed by atoms with E-state index in [4.69, 9.17) is 4.74 Å². The summed E-state index contributed by atoms with van der Waals surface area (Å²) in [4.78, 5) is 1.44. The van der Waals surface area contributed by atoms with Crippen molar-refractivity contribution in [2.75, 3.05) is 13.2 Å². The molecule has 2 aromatic rings. The summed E-state index contributed by atoms with van der Waals surface area (Å²) in [6.07, 6.45) is 3.32. The van der Waals surface area contributed by atoms with E-state index >= 15 is 0 Å². The summed E-state index contributed by atoms with van der Waals surface area (Å²) in [5.41, 5.74) is 2.80. The predicted octanol–water partition coefficient (Wildman–Crippen LogP) is 3.97. The highest BCUT2D eigenvalue weighted by molar-refractivity contribution is 7.10. The summed E-state index contributed by atoms with van der Waals surface area (Å²) in [6.45, 7) is 4.03. The molecular weight excluding hydrogens is 266 g/mol. The van der Waals surface area contributed by atoms with Gasteiger partial charge in [0.15, 0.2) is 0 Å². The number of rotatable bonds is 6. The van der Waals surface area contributed by atoms with E-state index in [9.17, 15) is 0 Å². The highest BCUT2D eigenvalue weighted by Gasteiger charge is 2.14. The largest absolute Gasteiger partial charge is 0.493 e. The standard InChI is InChI=1S/C17H21NOS/c1-2-18-15(17-4-3-11-20-17)7-5-13-6-8-16-14(12-13)9-10-19-16/h3-4,6,8,11-12,15,18H,2,5,7,9-10H2,1H3. The summed E-state index contributed by atoms with van der Waals surface area (Å²) >= 11 is 1.84. The van der Waals surface area contributed by atoms with Crippen LogP contribution in [0.25, 0.3) is 0 Å². The van der Waals surface area contributed by atoms with Crippen molar-refractivity contribution >= 4 is 11.3 Å².